The maximum Gasteiger partial charge on any atom is 0.358 e. The van der Waals surface area contributed by atoms with Crippen LogP contribution < -0.4 is 5.32 Å². The highest BCUT2D eigenvalue weighted by atomic mass is 19.1. The molecule has 94 valence electrons. The van der Waals surface area contributed by atoms with Crippen molar-refractivity contribution in [2.75, 3.05) is 5.32 Å². The van der Waals surface area contributed by atoms with E-state index in [4.69, 9.17) is 5.11 Å². The van der Waals surface area contributed by atoms with Gasteiger partial charge in [-0.25, -0.2) is 9.18 Å². The summed E-state index contributed by atoms with van der Waals surface area (Å²) in [5, 5.41) is 15.7. The lowest BCUT2D eigenvalue weighted by atomic mass is 10.2. The third kappa shape index (κ3) is 2.65. The minimum absolute atomic E-state index is 0.0281. The van der Waals surface area contributed by atoms with Crippen LogP contribution in [0.5, 0.6) is 0 Å². The fourth-order valence-electron chi connectivity index (χ4n) is 1.58. The number of carbonyl (C=O) groups is 1. The predicted molar refractivity (Wildman–Crippen MR) is 63.9 cm³/mol. The summed E-state index contributed by atoms with van der Waals surface area (Å²) in [5.74, 6) is -1.39. The van der Waals surface area contributed by atoms with Gasteiger partial charge in [-0.15, -0.1) is 0 Å². The van der Waals surface area contributed by atoms with E-state index in [2.05, 4.69) is 10.4 Å². The Bertz CT molecular complexity index is 563. The Balaban J connectivity index is 2.10. The number of hydrogen-bond donors (Lipinski definition) is 2. The number of rotatable bonds is 4. The first kappa shape index (κ1) is 12.1. The van der Waals surface area contributed by atoms with Gasteiger partial charge in [-0.2, -0.15) is 5.10 Å². The number of nitrogens with zero attached hydrogens (tertiary/aromatic N) is 2. The van der Waals surface area contributed by atoms with E-state index < -0.39 is 5.97 Å². The standard InChI is InChI=1S/C12H12FN3O2/c1-16-7-10(11(15-16)12(17)18)14-6-8-2-4-9(13)5-3-8/h2-5,7,14H,6H2,1H3,(H,17,18). The molecule has 0 spiro atoms. The molecule has 0 aliphatic heterocycles. The number of carboxylic acid groups (broad SMARTS) is 1. The molecule has 0 unspecified atom stereocenters. The van der Waals surface area contributed by atoms with Crippen LogP contribution in [0.25, 0.3) is 0 Å². The van der Waals surface area contributed by atoms with Crippen LogP contribution in [0.3, 0.4) is 0 Å². The third-order valence-corrected chi connectivity index (χ3v) is 2.43. The molecule has 0 saturated carbocycles. The van der Waals surface area contributed by atoms with Crippen molar-refractivity contribution in [3.05, 3.63) is 47.5 Å². The summed E-state index contributed by atoms with van der Waals surface area (Å²) in [4.78, 5) is 10.9. The predicted octanol–water partition coefficient (Wildman–Crippen LogP) is 1.87. The Labute approximate surface area is 103 Å². The number of nitrogens with one attached hydrogen (secondary N) is 1. The van der Waals surface area contributed by atoms with Crippen molar-refractivity contribution in [3.8, 4) is 0 Å². The summed E-state index contributed by atoms with van der Waals surface area (Å²) < 4.78 is 14.1. The molecule has 2 N–H and O–H groups in total. The number of benzene rings is 1. The van der Waals surface area contributed by atoms with Gasteiger partial charge in [-0.05, 0) is 17.7 Å². The SMILES string of the molecule is Cn1cc(NCc2ccc(F)cc2)c(C(=O)O)n1. The molecule has 1 aromatic carbocycles. The Kier molecular flexibility index (Phi) is 3.27. The molecule has 0 radical (unpaired) electrons. The Hall–Kier alpha value is -2.37. The van der Waals surface area contributed by atoms with Crippen molar-refractivity contribution in [2.24, 2.45) is 7.05 Å². The summed E-state index contributed by atoms with van der Waals surface area (Å²) in [6.07, 6.45) is 1.59. The van der Waals surface area contributed by atoms with Gasteiger partial charge >= 0.3 is 5.97 Å². The van der Waals surface area contributed by atoms with Gasteiger partial charge in [-0.1, -0.05) is 12.1 Å². The molecule has 0 amide bonds. The van der Waals surface area contributed by atoms with E-state index in [9.17, 15) is 9.18 Å². The molecule has 2 rings (SSSR count). The van der Waals surface area contributed by atoms with Crippen LogP contribution in [-0.2, 0) is 13.6 Å². The van der Waals surface area contributed by atoms with Crippen LogP contribution in [0.1, 0.15) is 16.1 Å². The first-order valence-electron chi connectivity index (χ1n) is 5.31. The molecule has 2 aromatic rings. The molecule has 0 bridgehead atoms. The lowest BCUT2D eigenvalue weighted by Crippen LogP contribution is -2.05. The molecular formula is C12H12FN3O2. The zero-order valence-corrected chi connectivity index (χ0v) is 9.72. The average Bonchev–Trinajstić information content (AvgIpc) is 2.70. The topological polar surface area (TPSA) is 67.2 Å². The molecule has 0 atom stereocenters. The first-order valence-corrected chi connectivity index (χ1v) is 5.31. The van der Waals surface area contributed by atoms with Crippen LogP contribution in [0, 0.1) is 5.82 Å². The van der Waals surface area contributed by atoms with Gasteiger partial charge in [0.1, 0.15) is 5.82 Å². The van der Waals surface area contributed by atoms with Crippen molar-refractivity contribution in [1.29, 1.82) is 0 Å². The number of anilines is 1. The van der Waals surface area contributed by atoms with E-state index in [1.165, 1.54) is 16.8 Å². The van der Waals surface area contributed by atoms with Crippen LogP contribution >= 0.6 is 0 Å². The molecule has 1 heterocycles. The second-order valence-corrected chi connectivity index (χ2v) is 3.85. The molecule has 6 heteroatoms. The monoisotopic (exact) mass is 249 g/mol. The summed E-state index contributed by atoms with van der Waals surface area (Å²) in [6, 6.07) is 6.00. The van der Waals surface area contributed by atoms with Crippen LogP contribution in [-0.4, -0.2) is 20.9 Å². The van der Waals surface area contributed by atoms with Crippen molar-refractivity contribution in [1.82, 2.24) is 9.78 Å². The van der Waals surface area contributed by atoms with Gasteiger partial charge in [0.2, 0.25) is 0 Å². The second-order valence-electron chi connectivity index (χ2n) is 3.85. The van der Waals surface area contributed by atoms with Crippen molar-refractivity contribution in [3.63, 3.8) is 0 Å². The van der Waals surface area contributed by atoms with Crippen LogP contribution in [0.2, 0.25) is 0 Å². The Morgan fingerprint density at radius 1 is 1.44 bits per heavy atom. The lowest BCUT2D eigenvalue weighted by Gasteiger charge is -2.04. The number of aromatic carboxylic acids is 1. The normalized spacial score (nSPS) is 10.3. The van der Waals surface area contributed by atoms with Gasteiger partial charge in [0.05, 0.1) is 5.69 Å². The maximum atomic E-state index is 12.7. The van der Waals surface area contributed by atoms with Crippen molar-refractivity contribution in [2.45, 2.75) is 6.54 Å². The van der Waals surface area contributed by atoms with Gasteiger partial charge in [-0.3, -0.25) is 4.68 Å². The molecule has 0 aliphatic carbocycles. The van der Waals surface area contributed by atoms with Gasteiger partial charge in [0.15, 0.2) is 5.69 Å². The number of aromatic nitrogens is 2. The fraction of sp³-hybridized carbons (Fsp3) is 0.167. The van der Waals surface area contributed by atoms with Crippen molar-refractivity contribution >= 4 is 11.7 Å². The van der Waals surface area contributed by atoms with Gasteiger partial charge in [0, 0.05) is 19.8 Å². The highest BCUT2D eigenvalue weighted by molar-refractivity contribution is 5.91. The van der Waals surface area contributed by atoms with E-state index in [1.807, 2.05) is 0 Å². The third-order valence-electron chi connectivity index (χ3n) is 2.43. The number of hydrogen-bond acceptors (Lipinski definition) is 3. The van der Waals surface area contributed by atoms with Gasteiger partial charge in [0.25, 0.3) is 0 Å². The number of carboxylic acids is 1. The molecule has 1 aromatic heterocycles. The zero-order valence-electron chi connectivity index (χ0n) is 9.72. The smallest absolute Gasteiger partial charge is 0.358 e. The lowest BCUT2D eigenvalue weighted by molar-refractivity contribution is 0.0690. The molecule has 5 nitrogen and oxygen atoms in total. The largest absolute Gasteiger partial charge is 0.476 e. The highest BCUT2D eigenvalue weighted by Crippen LogP contribution is 2.14. The van der Waals surface area contributed by atoms with Gasteiger partial charge < -0.3 is 10.4 Å². The molecule has 0 fully saturated rings. The van der Waals surface area contributed by atoms with E-state index in [0.29, 0.717) is 12.2 Å². The summed E-state index contributed by atoms with van der Waals surface area (Å²) in [5.41, 5.74) is 1.27. The quantitative estimate of drug-likeness (QED) is 0.868. The molecular weight excluding hydrogens is 237 g/mol. The minimum Gasteiger partial charge on any atom is -0.476 e. The van der Waals surface area contributed by atoms with E-state index in [-0.39, 0.29) is 11.5 Å². The summed E-state index contributed by atoms with van der Waals surface area (Å²) in [7, 11) is 1.65. The molecule has 0 saturated heterocycles. The van der Waals surface area contributed by atoms with E-state index in [1.54, 1.807) is 25.4 Å². The Morgan fingerprint density at radius 2 is 2.11 bits per heavy atom. The zero-order chi connectivity index (χ0) is 13.1. The first-order chi connectivity index (χ1) is 8.56. The Morgan fingerprint density at radius 3 is 2.72 bits per heavy atom. The van der Waals surface area contributed by atoms with Crippen molar-refractivity contribution < 1.29 is 14.3 Å². The minimum atomic E-state index is -1.09. The van der Waals surface area contributed by atoms with E-state index >= 15 is 0 Å². The maximum absolute atomic E-state index is 12.7. The highest BCUT2D eigenvalue weighted by Gasteiger charge is 2.14. The van der Waals surface area contributed by atoms with Crippen LogP contribution in [0.15, 0.2) is 30.5 Å². The summed E-state index contributed by atoms with van der Waals surface area (Å²) in [6.45, 7) is 0.409. The second kappa shape index (κ2) is 4.87. The van der Waals surface area contributed by atoms with E-state index in [0.717, 1.165) is 5.56 Å². The number of halogens is 1. The summed E-state index contributed by atoms with van der Waals surface area (Å²) >= 11 is 0. The fourth-order valence-corrected chi connectivity index (χ4v) is 1.58. The number of aryl methyl sites for hydroxylation is 1. The van der Waals surface area contributed by atoms with Crippen LogP contribution in [0.4, 0.5) is 10.1 Å². The molecule has 18 heavy (non-hydrogen) atoms. The average molecular weight is 249 g/mol. The molecule has 0 aliphatic rings.